The molecule has 0 amide bonds. The van der Waals surface area contributed by atoms with E-state index in [0.29, 0.717) is 18.7 Å². The zero-order chi connectivity index (χ0) is 15.6. The third kappa shape index (κ3) is 3.18. The monoisotopic (exact) mass is 303 g/mol. The van der Waals surface area contributed by atoms with Crippen molar-refractivity contribution in [3.63, 3.8) is 0 Å². The standard InChI is InChI=1S/C18H19F2NO/c19-15-7-6-13(10-16(15)20)11-21-12-18(8-9-18)17(22)14-4-2-1-3-5-14/h1-7,10,17,21-22H,8-9,11-12H2. The largest absolute Gasteiger partial charge is 0.388 e. The highest BCUT2D eigenvalue weighted by Gasteiger charge is 2.48. The summed E-state index contributed by atoms with van der Waals surface area (Å²) in [6.07, 6.45) is 1.44. The van der Waals surface area contributed by atoms with Crippen LogP contribution in [0.5, 0.6) is 0 Å². The van der Waals surface area contributed by atoms with E-state index in [1.807, 2.05) is 30.3 Å². The minimum absolute atomic E-state index is 0.139. The Morgan fingerprint density at radius 1 is 1.05 bits per heavy atom. The summed E-state index contributed by atoms with van der Waals surface area (Å²) >= 11 is 0. The molecular weight excluding hydrogens is 284 g/mol. The van der Waals surface area contributed by atoms with E-state index in [0.717, 1.165) is 24.5 Å². The minimum atomic E-state index is -0.832. The molecule has 0 aromatic heterocycles. The van der Waals surface area contributed by atoms with Crippen molar-refractivity contribution in [1.82, 2.24) is 5.32 Å². The first-order chi connectivity index (χ1) is 10.6. The van der Waals surface area contributed by atoms with Crippen molar-refractivity contribution in [2.24, 2.45) is 5.41 Å². The van der Waals surface area contributed by atoms with Crippen LogP contribution < -0.4 is 5.32 Å². The molecular formula is C18H19F2NO. The summed E-state index contributed by atoms with van der Waals surface area (Å²) in [6, 6.07) is 13.5. The molecule has 0 heterocycles. The summed E-state index contributed by atoms with van der Waals surface area (Å²) in [7, 11) is 0. The maximum Gasteiger partial charge on any atom is 0.159 e. The van der Waals surface area contributed by atoms with Crippen molar-refractivity contribution >= 4 is 0 Å². The lowest BCUT2D eigenvalue weighted by Crippen LogP contribution is -2.28. The van der Waals surface area contributed by atoms with Crippen molar-refractivity contribution < 1.29 is 13.9 Å². The third-order valence-electron chi connectivity index (χ3n) is 4.38. The topological polar surface area (TPSA) is 32.3 Å². The quantitative estimate of drug-likeness (QED) is 0.855. The van der Waals surface area contributed by atoms with Crippen LogP contribution in [0.15, 0.2) is 48.5 Å². The van der Waals surface area contributed by atoms with Crippen molar-refractivity contribution in [2.75, 3.05) is 6.54 Å². The second kappa shape index (κ2) is 6.15. The number of rotatable bonds is 6. The number of halogens is 2. The van der Waals surface area contributed by atoms with E-state index >= 15 is 0 Å². The van der Waals surface area contributed by atoms with Crippen LogP contribution in [-0.2, 0) is 6.54 Å². The molecule has 2 aromatic rings. The van der Waals surface area contributed by atoms with Crippen LogP contribution >= 0.6 is 0 Å². The Bertz CT molecular complexity index is 641. The average molecular weight is 303 g/mol. The van der Waals surface area contributed by atoms with Gasteiger partial charge in [-0.15, -0.1) is 0 Å². The number of hydrogen-bond donors (Lipinski definition) is 2. The molecule has 2 N–H and O–H groups in total. The van der Waals surface area contributed by atoms with Gasteiger partial charge in [0, 0.05) is 18.5 Å². The number of aliphatic hydroxyl groups is 1. The Balaban J connectivity index is 1.58. The van der Waals surface area contributed by atoms with Gasteiger partial charge in [-0.05, 0) is 36.1 Å². The van der Waals surface area contributed by atoms with Crippen LogP contribution in [0.3, 0.4) is 0 Å². The summed E-state index contributed by atoms with van der Waals surface area (Å²) in [5.41, 5.74) is 1.48. The highest BCUT2D eigenvalue weighted by atomic mass is 19.2. The summed E-state index contributed by atoms with van der Waals surface area (Å²) in [5, 5.41) is 13.8. The van der Waals surface area contributed by atoms with Gasteiger partial charge in [0.25, 0.3) is 0 Å². The van der Waals surface area contributed by atoms with E-state index in [4.69, 9.17) is 0 Å². The highest BCUT2D eigenvalue weighted by molar-refractivity contribution is 5.23. The van der Waals surface area contributed by atoms with Gasteiger partial charge in [-0.1, -0.05) is 36.4 Å². The smallest absolute Gasteiger partial charge is 0.159 e. The van der Waals surface area contributed by atoms with E-state index in [-0.39, 0.29) is 5.41 Å². The number of aliphatic hydroxyl groups excluding tert-OH is 1. The van der Waals surface area contributed by atoms with E-state index in [9.17, 15) is 13.9 Å². The Hall–Kier alpha value is -1.78. The molecule has 2 nitrogen and oxygen atoms in total. The van der Waals surface area contributed by atoms with Gasteiger partial charge < -0.3 is 10.4 Å². The predicted octanol–water partition coefficient (Wildman–Crippen LogP) is 3.57. The Morgan fingerprint density at radius 2 is 1.77 bits per heavy atom. The third-order valence-corrected chi connectivity index (χ3v) is 4.38. The average Bonchev–Trinajstić information content (AvgIpc) is 3.32. The molecule has 22 heavy (non-hydrogen) atoms. The van der Waals surface area contributed by atoms with Crippen LogP contribution in [-0.4, -0.2) is 11.7 Å². The van der Waals surface area contributed by atoms with E-state index in [2.05, 4.69) is 5.32 Å². The molecule has 1 saturated carbocycles. The second-order valence-electron chi connectivity index (χ2n) is 6.03. The Kier molecular flexibility index (Phi) is 4.23. The number of nitrogens with one attached hydrogen (secondary N) is 1. The molecule has 0 aliphatic heterocycles. The molecule has 1 aliphatic rings. The summed E-state index contributed by atoms with van der Waals surface area (Å²) in [4.78, 5) is 0. The molecule has 1 fully saturated rings. The fourth-order valence-electron chi connectivity index (χ4n) is 2.80. The lowest BCUT2D eigenvalue weighted by atomic mass is 9.92. The predicted molar refractivity (Wildman–Crippen MR) is 81.1 cm³/mol. The zero-order valence-electron chi connectivity index (χ0n) is 12.2. The molecule has 0 bridgehead atoms. The lowest BCUT2D eigenvalue weighted by Gasteiger charge is -2.23. The normalized spacial score (nSPS) is 17.2. The van der Waals surface area contributed by atoms with Crippen LogP contribution in [0.4, 0.5) is 8.78 Å². The Morgan fingerprint density at radius 3 is 2.41 bits per heavy atom. The highest BCUT2D eigenvalue weighted by Crippen LogP contribution is 2.54. The fourth-order valence-corrected chi connectivity index (χ4v) is 2.80. The lowest BCUT2D eigenvalue weighted by molar-refractivity contribution is 0.0917. The van der Waals surface area contributed by atoms with Gasteiger partial charge in [-0.3, -0.25) is 0 Å². The van der Waals surface area contributed by atoms with Crippen molar-refractivity contribution in [3.05, 3.63) is 71.3 Å². The van der Waals surface area contributed by atoms with E-state index < -0.39 is 17.7 Å². The number of hydrogen-bond acceptors (Lipinski definition) is 2. The van der Waals surface area contributed by atoms with E-state index in [1.54, 1.807) is 6.07 Å². The van der Waals surface area contributed by atoms with Gasteiger partial charge in [0.15, 0.2) is 11.6 Å². The van der Waals surface area contributed by atoms with Gasteiger partial charge in [0.05, 0.1) is 6.10 Å². The molecule has 0 spiro atoms. The van der Waals surface area contributed by atoms with Crippen LogP contribution in [0, 0.1) is 17.0 Å². The molecule has 1 atom stereocenters. The first-order valence-corrected chi connectivity index (χ1v) is 7.48. The summed E-state index contributed by atoms with van der Waals surface area (Å²) in [5.74, 6) is -1.66. The maximum absolute atomic E-state index is 13.2. The van der Waals surface area contributed by atoms with Crippen LogP contribution in [0.25, 0.3) is 0 Å². The summed E-state index contributed by atoms with van der Waals surface area (Å²) in [6.45, 7) is 1.11. The van der Waals surface area contributed by atoms with Gasteiger partial charge in [-0.25, -0.2) is 8.78 Å². The maximum atomic E-state index is 13.2. The second-order valence-corrected chi connectivity index (χ2v) is 6.03. The molecule has 1 unspecified atom stereocenters. The molecule has 0 saturated heterocycles. The van der Waals surface area contributed by atoms with Gasteiger partial charge in [-0.2, -0.15) is 0 Å². The molecule has 1 aliphatic carbocycles. The first kappa shape index (κ1) is 15.1. The zero-order valence-corrected chi connectivity index (χ0v) is 12.2. The SMILES string of the molecule is OC(c1ccccc1)C1(CNCc2ccc(F)c(F)c2)CC1. The molecule has 4 heteroatoms. The Labute approximate surface area is 128 Å². The van der Waals surface area contributed by atoms with Gasteiger partial charge in [0.2, 0.25) is 0 Å². The van der Waals surface area contributed by atoms with Crippen molar-refractivity contribution in [2.45, 2.75) is 25.5 Å². The van der Waals surface area contributed by atoms with Crippen LogP contribution in [0.1, 0.15) is 30.1 Å². The van der Waals surface area contributed by atoms with Crippen molar-refractivity contribution in [3.8, 4) is 0 Å². The fraction of sp³-hybridized carbons (Fsp3) is 0.333. The van der Waals surface area contributed by atoms with Crippen LogP contribution in [0.2, 0.25) is 0 Å². The molecule has 3 rings (SSSR count). The minimum Gasteiger partial charge on any atom is -0.388 e. The van der Waals surface area contributed by atoms with Gasteiger partial charge in [0.1, 0.15) is 0 Å². The summed E-state index contributed by atoms with van der Waals surface area (Å²) < 4.78 is 26.0. The molecule has 116 valence electrons. The van der Waals surface area contributed by atoms with Gasteiger partial charge >= 0.3 is 0 Å². The van der Waals surface area contributed by atoms with Crippen molar-refractivity contribution in [1.29, 1.82) is 0 Å². The first-order valence-electron chi connectivity index (χ1n) is 7.48. The van der Waals surface area contributed by atoms with E-state index in [1.165, 1.54) is 6.07 Å². The number of benzene rings is 2. The molecule has 0 radical (unpaired) electrons. The molecule has 2 aromatic carbocycles.